The van der Waals surface area contributed by atoms with Gasteiger partial charge in [-0.25, -0.2) is 4.39 Å². The molecule has 130 valence electrons. The molecule has 0 radical (unpaired) electrons. The van der Waals surface area contributed by atoms with E-state index in [1.807, 2.05) is 6.07 Å². The lowest BCUT2D eigenvalue weighted by atomic mass is 10.2. The van der Waals surface area contributed by atoms with E-state index in [9.17, 15) is 9.18 Å². The molecule has 0 spiro atoms. The van der Waals surface area contributed by atoms with Crippen molar-refractivity contribution in [3.8, 4) is 6.07 Å². The third-order valence-corrected chi connectivity index (χ3v) is 5.01. The van der Waals surface area contributed by atoms with Gasteiger partial charge in [-0.15, -0.1) is 16.8 Å². The van der Waals surface area contributed by atoms with Gasteiger partial charge in [0.25, 0.3) is 0 Å². The van der Waals surface area contributed by atoms with Gasteiger partial charge in [-0.1, -0.05) is 41.3 Å². The molecule has 0 aliphatic rings. The Morgan fingerprint density at radius 3 is 3.00 bits per heavy atom. The van der Waals surface area contributed by atoms with E-state index in [-0.39, 0.29) is 30.3 Å². The number of nitrogens with one attached hydrogen (secondary N) is 1. The Bertz CT molecular complexity index is 774. The van der Waals surface area contributed by atoms with Gasteiger partial charge in [0.05, 0.1) is 23.9 Å². The average Bonchev–Trinajstić information content (AvgIpc) is 3.07. The lowest BCUT2D eigenvalue weighted by Gasteiger charge is -2.21. The Kier molecular flexibility index (Phi) is 7.37. The number of rotatable bonds is 9. The van der Waals surface area contributed by atoms with Crippen LogP contribution in [0.4, 0.5) is 15.2 Å². The van der Waals surface area contributed by atoms with Gasteiger partial charge in [0.15, 0.2) is 4.34 Å². The summed E-state index contributed by atoms with van der Waals surface area (Å²) in [5.74, 6) is -0.706. The van der Waals surface area contributed by atoms with Crippen molar-refractivity contribution in [3.63, 3.8) is 0 Å². The first kappa shape index (κ1) is 18.9. The summed E-state index contributed by atoms with van der Waals surface area (Å²) in [6, 6.07) is 8.00. The third-order valence-electron chi connectivity index (χ3n) is 3.01. The highest BCUT2D eigenvalue weighted by Gasteiger charge is 2.19. The zero-order valence-corrected chi connectivity index (χ0v) is 14.9. The number of amides is 1. The Balaban J connectivity index is 2.02. The largest absolute Gasteiger partial charge is 0.357 e. The van der Waals surface area contributed by atoms with Gasteiger partial charge >= 0.3 is 0 Å². The summed E-state index contributed by atoms with van der Waals surface area (Å²) in [7, 11) is 0. The minimum absolute atomic E-state index is 0.0792. The van der Waals surface area contributed by atoms with Crippen LogP contribution < -0.4 is 10.2 Å². The van der Waals surface area contributed by atoms with Crippen molar-refractivity contribution < 1.29 is 9.18 Å². The second kappa shape index (κ2) is 9.76. The minimum Gasteiger partial charge on any atom is -0.357 e. The maximum Gasteiger partial charge on any atom is 0.237 e. The van der Waals surface area contributed by atoms with Crippen LogP contribution in [0.25, 0.3) is 0 Å². The van der Waals surface area contributed by atoms with Crippen molar-refractivity contribution in [2.75, 3.05) is 29.1 Å². The number of nitrogens with zero attached hydrogens (tertiary/aromatic N) is 4. The van der Waals surface area contributed by atoms with Crippen LogP contribution in [0.5, 0.6) is 0 Å². The molecule has 1 amide bonds. The van der Waals surface area contributed by atoms with Gasteiger partial charge < -0.3 is 10.2 Å². The van der Waals surface area contributed by atoms with Crippen molar-refractivity contribution in [2.45, 2.75) is 10.8 Å². The van der Waals surface area contributed by atoms with Crippen molar-refractivity contribution in [1.82, 2.24) is 10.2 Å². The summed E-state index contributed by atoms with van der Waals surface area (Å²) in [5, 5.41) is 20.4. The van der Waals surface area contributed by atoms with Crippen molar-refractivity contribution in [1.29, 1.82) is 5.26 Å². The zero-order chi connectivity index (χ0) is 18.1. The van der Waals surface area contributed by atoms with Crippen LogP contribution >= 0.6 is 23.1 Å². The fourth-order valence-corrected chi connectivity index (χ4v) is 3.55. The molecule has 6 nitrogen and oxygen atoms in total. The van der Waals surface area contributed by atoms with Crippen LogP contribution in [0, 0.1) is 17.1 Å². The second-order valence-corrected chi connectivity index (χ2v) is 6.94. The molecular formula is C16H16FN5OS2. The average molecular weight is 377 g/mol. The number of para-hydroxylation sites is 1. The lowest BCUT2D eigenvalue weighted by molar-refractivity contribution is -0.116. The van der Waals surface area contributed by atoms with Gasteiger partial charge in [-0.2, -0.15) is 5.26 Å². The van der Waals surface area contributed by atoms with Crippen molar-refractivity contribution in [3.05, 3.63) is 42.7 Å². The molecule has 1 aromatic carbocycles. The lowest BCUT2D eigenvalue weighted by Crippen LogP contribution is -2.34. The number of anilines is 2. The molecule has 0 unspecified atom stereocenters. The molecule has 0 atom stereocenters. The van der Waals surface area contributed by atoms with Gasteiger partial charge in [0.1, 0.15) is 5.82 Å². The first-order valence-electron chi connectivity index (χ1n) is 7.38. The van der Waals surface area contributed by atoms with Gasteiger partial charge in [-0.3, -0.25) is 4.79 Å². The maximum absolute atomic E-state index is 14.0. The normalized spacial score (nSPS) is 10.1. The summed E-state index contributed by atoms with van der Waals surface area (Å²) in [6.45, 7) is 4.32. The predicted octanol–water partition coefficient (Wildman–Crippen LogP) is 3.31. The first-order valence-corrected chi connectivity index (χ1v) is 9.19. The number of aromatic nitrogens is 2. The minimum atomic E-state index is -0.495. The van der Waals surface area contributed by atoms with E-state index in [0.29, 0.717) is 16.0 Å². The van der Waals surface area contributed by atoms with E-state index in [0.717, 1.165) is 0 Å². The molecule has 1 aromatic heterocycles. The number of carbonyl (C=O) groups is 1. The van der Waals surface area contributed by atoms with E-state index in [4.69, 9.17) is 5.26 Å². The smallest absolute Gasteiger partial charge is 0.237 e. The Morgan fingerprint density at radius 1 is 1.48 bits per heavy atom. The number of hydrogen-bond donors (Lipinski definition) is 1. The summed E-state index contributed by atoms with van der Waals surface area (Å²) < 4.78 is 14.6. The topological polar surface area (TPSA) is 81.9 Å². The first-order chi connectivity index (χ1) is 12.2. The van der Waals surface area contributed by atoms with Gasteiger partial charge in [-0.05, 0) is 12.1 Å². The van der Waals surface area contributed by atoms with Crippen molar-refractivity contribution in [2.24, 2.45) is 0 Å². The molecule has 0 fully saturated rings. The molecule has 1 heterocycles. The Hall–Kier alpha value is -2.44. The monoisotopic (exact) mass is 377 g/mol. The third kappa shape index (κ3) is 5.55. The van der Waals surface area contributed by atoms with E-state index >= 15 is 0 Å². The molecule has 9 heteroatoms. The molecule has 0 aliphatic heterocycles. The number of carbonyl (C=O) groups excluding carboxylic acids is 1. The van der Waals surface area contributed by atoms with E-state index in [1.54, 1.807) is 18.2 Å². The van der Waals surface area contributed by atoms with E-state index < -0.39 is 5.82 Å². The standard InChI is InChI=1S/C16H16FN5OS2/c1-2-9-19-15-20-21-16(25-15)24-11-14(23)22(10-5-8-18)13-7-4-3-6-12(13)17/h2-4,6-7H,1,5,9-11H2,(H,19,20). The molecule has 0 bridgehead atoms. The van der Waals surface area contributed by atoms with Crippen LogP contribution in [0.1, 0.15) is 6.42 Å². The Labute approximate surface area is 153 Å². The van der Waals surface area contributed by atoms with Crippen LogP contribution in [-0.2, 0) is 4.79 Å². The van der Waals surface area contributed by atoms with Gasteiger partial charge in [0, 0.05) is 13.1 Å². The van der Waals surface area contributed by atoms with E-state index in [1.165, 1.54) is 40.1 Å². The summed E-state index contributed by atoms with van der Waals surface area (Å²) in [4.78, 5) is 13.8. The molecular weight excluding hydrogens is 361 g/mol. The van der Waals surface area contributed by atoms with Crippen LogP contribution in [-0.4, -0.2) is 34.9 Å². The number of nitriles is 1. The number of benzene rings is 1. The molecule has 2 rings (SSSR count). The van der Waals surface area contributed by atoms with E-state index in [2.05, 4.69) is 22.1 Å². The summed E-state index contributed by atoms with van der Waals surface area (Å²) in [5.41, 5.74) is 0.175. The predicted molar refractivity (Wildman–Crippen MR) is 98.3 cm³/mol. The Morgan fingerprint density at radius 2 is 2.28 bits per heavy atom. The highest BCUT2D eigenvalue weighted by molar-refractivity contribution is 8.01. The fraction of sp³-hybridized carbons (Fsp3) is 0.250. The number of thioether (sulfide) groups is 1. The fourth-order valence-electron chi connectivity index (χ4n) is 1.91. The zero-order valence-electron chi connectivity index (χ0n) is 13.3. The van der Waals surface area contributed by atoms with Crippen molar-refractivity contribution >= 4 is 39.8 Å². The molecule has 0 saturated carbocycles. The molecule has 2 aromatic rings. The molecule has 0 aliphatic carbocycles. The maximum atomic E-state index is 14.0. The SMILES string of the molecule is C=CCNc1nnc(SCC(=O)N(CCC#N)c2ccccc2F)s1. The highest BCUT2D eigenvalue weighted by Crippen LogP contribution is 2.27. The van der Waals surface area contributed by atoms with Gasteiger partial charge in [0.2, 0.25) is 11.0 Å². The quantitative estimate of drug-likeness (QED) is 0.533. The van der Waals surface area contributed by atoms with Crippen LogP contribution in [0.15, 0.2) is 41.3 Å². The summed E-state index contributed by atoms with van der Waals surface area (Å²) >= 11 is 2.56. The van der Waals surface area contributed by atoms with Crippen LogP contribution in [0.2, 0.25) is 0 Å². The molecule has 0 saturated heterocycles. The molecule has 1 N–H and O–H groups in total. The summed E-state index contributed by atoms with van der Waals surface area (Å²) in [6.07, 6.45) is 1.83. The number of hydrogen-bond acceptors (Lipinski definition) is 7. The number of halogens is 1. The highest BCUT2D eigenvalue weighted by atomic mass is 32.2. The van der Waals surface area contributed by atoms with Crippen LogP contribution in [0.3, 0.4) is 0 Å². The second-order valence-electron chi connectivity index (χ2n) is 4.74. The molecule has 25 heavy (non-hydrogen) atoms.